The topological polar surface area (TPSA) is 34.1 Å². The molecular weight excluding hydrogens is 260 g/mol. The van der Waals surface area contributed by atoms with E-state index in [0.717, 1.165) is 12.3 Å². The van der Waals surface area contributed by atoms with Crippen molar-refractivity contribution in [3.63, 3.8) is 0 Å². The lowest BCUT2D eigenvalue weighted by atomic mass is 10.0. The molecule has 0 radical (unpaired) electrons. The lowest BCUT2D eigenvalue weighted by Crippen LogP contribution is -2.25. The maximum Gasteiger partial charge on any atom is 0.123 e. The summed E-state index contributed by atoms with van der Waals surface area (Å²) in [5.41, 5.74) is 3.62. The molecule has 3 nitrogen and oxygen atoms in total. The van der Waals surface area contributed by atoms with Crippen LogP contribution in [0.2, 0.25) is 0 Å². The Hall–Kier alpha value is -1.87. The minimum atomic E-state index is 0.666. The first-order valence-electron chi connectivity index (χ1n) is 7.67. The van der Waals surface area contributed by atoms with Gasteiger partial charge in [-0.25, -0.2) is 0 Å². The van der Waals surface area contributed by atoms with Gasteiger partial charge >= 0.3 is 0 Å². The van der Waals surface area contributed by atoms with Crippen LogP contribution in [0.1, 0.15) is 31.2 Å². The third-order valence-corrected chi connectivity index (χ3v) is 4.23. The highest BCUT2D eigenvalue weighted by atomic mass is 16.5. The number of ether oxygens (including phenoxy) is 1. The van der Waals surface area contributed by atoms with Gasteiger partial charge in [-0.2, -0.15) is 0 Å². The Balaban J connectivity index is 1.79. The number of aromatic nitrogens is 1. The normalized spacial score (nSPS) is 15.3. The van der Waals surface area contributed by atoms with Crippen molar-refractivity contribution in [1.82, 2.24) is 10.3 Å². The Bertz CT molecular complexity index is 577. The van der Waals surface area contributed by atoms with Crippen LogP contribution in [0.5, 0.6) is 5.75 Å². The second-order valence-electron chi connectivity index (χ2n) is 5.62. The highest BCUT2D eigenvalue weighted by Crippen LogP contribution is 2.27. The molecular formula is C18H22N2O. The van der Waals surface area contributed by atoms with E-state index in [1.54, 1.807) is 7.11 Å². The molecule has 0 unspecified atom stereocenters. The summed E-state index contributed by atoms with van der Waals surface area (Å²) in [5.74, 6) is 0.957. The van der Waals surface area contributed by atoms with Crippen molar-refractivity contribution in [2.75, 3.05) is 7.11 Å². The molecule has 1 N–H and O–H groups in total. The smallest absolute Gasteiger partial charge is 0.123 e. The second kappa shape index (κ2) is 6.72. The number of nitrogens with one attached hydrogen (secondary N) is 1. The van der Waals surface area contributed by atoms with Gasteiger partial charge in [0.1, 0.15) is 5.75 Å². The number of nitrogens with zero attached hydrogens (tertiary/aromatic N) is 1. The van der Waals surface area contributed by atoms with Crippen LogP contribution in [-0.2, 0) is 6.54 Å². The first kappa shape index (κ1) is 14.1. The summed E-state index contributed by atoms with van der Waals surface area (Å²) in [7, 11) is 1.74. The van der Waals surface area contributed by atoms with Gasteiger partial charge in [0, 0.05) is 30.5 Å². The summed E-state index contributed by atoms with van der Waals surface area (Å²) in [6.45, 7) is 0.868. The summed E-state index contributed by atoms with van der Waals surface area (Å²) < 4.78 is 5.50. The van der Waals surface area contributed by atoms with Crippen molar-refractivity contribution >= 4 is 0 Å². The van der Waals surface area contributed by atoms with E-state index in [1.165, 1.54) is 42.4 Å². The molecule has 1 fully saturated rings. The highest BCUT2D eigenvalue weighted by molar-refractivity contribution is 5.65. The minimum Gasteiger partial charge on any atom is -0.496 e. The van der Waals surface area contributed by atoms with Gasteiger partial charge < -0.3 is 10.1 Å². The lowest BCUT2D eigenvalue weighted by molar-refractivity contribution is 0.405. The predicted molar refractivity (Wildman–Crippen MR) is 85.3 cm³/mol. The molecule has 2 aromatic rings. The molecule has 1 heterocycles. The zero-order valence-corrected chi connectivity index (χ0v) is 12.5. The average molecular weight is 282 g/mol. The van der Waals surface area contributed by atoms with Gasteiger partial charge in [-0.1, -0.05) is 18.9 Å². The van der Waals surface area contributed by atoms with E-state index in [0.29, 0.717) is 6.04 Å². The molecule has 0 bridgehead atoms. The summed E-state index contributed by atoms with van der Waals surface area (Å²) >= 11 is 0. The maximum atomic E-state index is 5.50. The van der Waals surface area contributed by atoms with Crippen LogP contribution < -0.4 is 10.1 Å². The fourth-order valence-electron chi connectivity index (χ4n) is 3.02. The number of hydrogen-bond acceptors (Lipinski definition) is 3. The molecule has 1 saturated carbocycles. The van der Waals surface area contributed by atoms with Gasteiger partial charge in [-0.15, -0.1) is 0 Å². The van der Waals surface area contributed by atoms with E-state index in [4.69, 9.17) is 4.74 Å². The van der Waals surface area contributed by atoms with E-state index in [9.17, 15) is 0 Å². The van der Waals surface area contributed by atoms with Crippen LogP contribution in [0.3, 0.4) is 0 Å². The van der Waals surface area contributed by atoms with Crippen LogP contribution in [-0.4, -0.2) is 18.1 Å². The summed E-state index contributed by atoms with van der Waals surface area (Å²) in [6, 6.07) is 11.1. The molecule has 1 aliphatic rings. The molecule has 0 spiro atoms. The van der Waals surface area contributed by atoms with Gasteiger partial charge in [0.2, 0.25) is 0 Å². The molecule has 1 aromatic carbocycles. The quantitative estimate of drug-likeness (QED) is 0.906. The fourth-order valence-corrected chi connectivity index (χ4v) is 3.02. The van der Waals surface area contributed by atoms with Crippen LogP contribution in [0.4, 0.5) is 0 Å². The molecule has 0 amide bonds. The number of rotatable bonds is 5. The molecule has 1 aromatic heterocycles. The van der Waals surface area contributed by atoms with Crippen LogP contribution in [0.25, 0.3) is 11.1 Å². The van der Waals surface area contributed by atoms with Gasteiger partial charge in [0.25, 0.3) is 0 Å². The van der Waals surface area contributed by atoms with E-state index in [-0.39, 0.29) is 0 Å². The second-order valence-corrected chi connectivity index (χ2v) is 5.62. The fraction of sp³-hybridized carbons (Fsp3) is 0.389. The first-order valence-corrected chi connectivity index (χ1v) is 7.67. The van der Waals surface area contributed by atoms with Crippen LogP contribution >= 0.6 is 0 Å². The summed E-state index contributed by atoms with van der Waals surface area (Å²) in [6.07, 6.45) is 8.96. The predicted octanol–water partition coefficient (Wildman–Crippen LogP) is 3.79. The van der Waals surface area contributed by atoms with Crippen molar-refractivity contribution in [1.29, 1.82) is 0 Å². The third-order valence-electron chi connectivity index (χ3n) is 4.23. The number of hydrogen-bond donors (Lipinski definition) is 1. The molecule has 1 aliphatic carbocycles. The van der Waals surface area contributed by atoms with Gasteiger partial charge in [0.05, 0.1) is 7.11 Å². The SMILES string of the molecule is COc1ccc(-c2ccncc2)cc1CNC1CCCC1. The standard InChI is InChI=1S/C18H22N2O/c1-21-18-7-6-15(14-8-10-19-11-9-14)12-16(18)13-20-17-4-2-3-5-17/h6-12,17,20H,2-5,13H2,1H3. The molecule has 0 atom stereocenters. The van der Waals surface area contributed by atoms with E-state index >= 15 is 0 Å². The van der Waals surface area contributed by atoms with Gasteiger partial charge in [-0.05, 0) is 48.2 Å². The molecule has 0 aliphatic heterocycles. The average Bonchev–Trinajstić information content (AvgIpc) is 3.07. The molecule has 110 valence electrons. The van der Waals surface area contributed by atoms with E-state index < -0.39 is 0 Å². The van der Waals surface area contributed by atoms with Crippen molar-refractivity contribution in [3.05, 3.63) is 48.3 Å². The zero-order valence-electron chi connectivity index (χ0n) is 12.5. The Kier molecular flexibility index (Phi) is 4.51. The molecule has 21 heavy (non-hydrogen) atoms. The Morgan fingerprint density at radius 1 is 1.10 bits per heavy atom. The Morgan fingerprint density at radius 2 is 1.86 bits per heavy atom. The molecule has 0 saturated heterocycles. The summed E-state index contributed by atoms with van der Waals surface area (Å²) in [4.78, 5) is 4.08. The maximum absolute atomic E-state index is 5.50. The number of pyridine rings is 1. The zero-order chi connectivity index (χ0) is 14.5. The molecule has 3 heteroatoms. The lowest BCUT2D eigenvalue weighted by Gasteiger charge is -2.15. The highest BCUT2D eigenvalue weighted by Gasteiger charge is 2.15. The minimum absolute atomic E-state index is 0.666. The van der Waals surface area contributed by atoms with Crippen molar-refractivity contribution < 1.29 is 4.74 Å². The number of benzene rings is 1. The molecule has 3 rings (SSSR count). The van der Waals surface area contributed by atoms with Gasteiger partial charge in [-0.3, -0.25) is 4.98 Å². The van der Waals surface area contributed by atoms with Crippen LogP contribution in [0.15, 0.2) is 42.7 Å². The van der Waals surface area contributed by atoms with Crippen molar-refractivity contribution in [2.24, 2.45) is 0 Å². The van der Waals surface area contributed by atoms with E-state index in [1.807, 2.05) is 24.5 Å². The van der Waals surface area contributed by atoms with Crippen molar-refractivity contribution in [3.8, 4) is 16.9 Å². The van der Waals surface area contributed by atoms with Gasteiger partial charge in [0.15, 0.2) is 0 Å². The largest absolute Gasteiger partial charge is 0.496 e. The van der Waals surface area contributed by atoms with Crippen molar-refractivity contribution in [2.45, 2.75) is 38.3 Å². The van der Waals surface area contributed by atoms with E-state index in [2.05, 4.69) is 28.5 Å². The first-order chi connectivity index (χ1) is 10.4. The monoisotopic (exact) mass is 282 g/mol. The third kappa shape index (κ3) is 3.42. The Morgan fingerprint density at radius 3 is 2.57 bits per heavy atom. The van der Waals surface area contributed by atoms with Crippen LogP contribution in [0, 0.1) is 0 Å². The number of methoxy groups -OCH3 is 1. The summed E-state index contributed by atoms with van der Waals surface area (Å²) in [5, 5.41) is 3.66. The Labute approximate surface area is 126 Å².